The van der Waals surface area contributed by atoms with Crippen LogP contribution in [0, 0.1) is 18.8 Å². The van der Waals surface area contributed by atoms with Crippen LogP contribution in [0.5, 0.6) is 0 Å². The van der Waals surface area contributed by atoms with Crippen molar-refractivity contribution in [2.75, 3.05) is 19.7 Å². The highest BCUT2D eigenvalue weighted by molar-refractivity contribution is 5.96. The number of benzene rings is 1. The van der Waals surface area contributed by atoms with Crippen LogP contribution in [0.25, 0.3) is 0 Å². The lowest BCUT2D eigenvalue weighted by atomic mass is 10.0. The van der Waals surface area contributed by atoms with Gasteiger partial charge in [-0.2, -0.15) is 0 Å². The number of carbonyl (C=O) groups excluding carboxylic acids is 1. The Kier molecular flexibility index (Phi) is 5.00. The first-order valence-electron chi connectivity index (χ1n) is 7.25. The summed E-state index contributed by atoms with van der Waals surface area (Å²) < 4.78 is 5.58. The molecule has 0 aromatic heterocycles. The third-order valence-electron chi connectivity index (χ3n) is 3.76. The van der Waals surface area contributed by atoms with Crippen molar-refractivity contribution in [3.63, 3.8) is 0 Å². The number of nitrogens with zero attached hydrogens (tertiary/aromatic N) is 1. The molecule has 0 spiro atoms. The Bertz CT molecular complexity index is 586. The van der Waals surface area contributed by atoms with E-state index in [1.54, 1.807) is 0 Å². The van der Waals surface area contributed by atoms with Crippen LogP contribution in [0.2, 0.25) is 0 Å². The van der Waals surface area contributed by atoms with Gasteiger partial charge in [-0.3, -0.25) is 4.79 Å². The molecule has 4 nitrogen and oxygen atoms in total. The van der Waals surface area contributed by atoms with E-state index in [1.807, 2.05) is 43.9 Å². The van der Waals surface area contributed by atoms with E-state index in [0.717, 1.165) is 11.1 Å². The van der Waals surface area contributed by atoms with Gasteiger partial charge in [0.05, 0.1) is 25.3 Å². The first-order valence-corrected chi connectivity index (χ1v) is 7.25. The molecule has 2 unspecified atom stereocenters. The van der Waals surface area contributed by atoms with Crippen LogP contribution in [-0.4, -0.2) is 42.6 Å². The van der Waals surface area contributed by atoms with Crippen LogP contribution in [0.15, 0.2) is 18.2 Å². The molecule has 2 N–H and O–H groups in total. The number of morpholine rings is 1. The van der Waals surface area contributed by atoms with Crippen LogP contribution in [0.3, 0.4) is 0 Å². The van der Waals surface area contributed by atoms with Gasteiger partial charge in [0, 0.05) is 17.7 Å². The van der Waals surface area contributed by atoms with Crippen molar-refractivity contribution < 1.29 is 9.53 Å². The fourth-order valence-corrected chi connectivity index (χ4v) is 2.49. The normalized spacial score (nSPS) is 21.6. The van der Waals surface area contributed by atoms with Gasteiger partial charge in [-0.15, -0.1) is 0 Å². The third kappa shape index (κ3) is 3.44. The molecule has 1 aromatic rings. The van der Waals surface area contributed by atoms with Crippen molar-refractivity contribution in [1.29, 1.82) is 0 Å². The second-order valence-electron chi connectivity index (χ2n) is 5.43. The molecule has 0 bridgehead atoms. The van der Waals surface area contributed by atoms with E-state index in [9.17, 15) is 4.79 Å². The standard InChI is InChI=1S/C17H22N2O2/c1-12-11-21-13(2)10-19(12)17(20)16-8-4-6-15(14(16)3)7-5-9-18/h4,6,8,12-13H,9-11,18H2,1-3H3. The molecule has 1 saturated heterocycles. The average Bonchev–Trinajstić information content (AvgIpc) is 2.48. The molecule has 1 aromatic carbocycles. The monoisotopic (exact) mass is 286 g/mol. The van der Waals surface area contributed by atoms with Gasteiger partial charge in [-0.05, 0) is 38.5 Å². The summed E-state index contributed by atoms with van der Waals surface area (Å²) in [6.45, 7) is 7.45. The molecule has 2 rings (SSSR count). The fraction of sp³-hybridized carbons (Fsp3) is 0.471. The highest BCUT2D eigenvalue weighted by Gasteiger charge is 2.29. The smallest absolute Gasteiger partial charge is 0.254 e. The lowest BCUT2D eigenvalue weighted by molar-refractivity contribution is -0.0387. The lowest BCUT2D eigenvalue weighted by Gasteiger charge is -2.37. The maximum Gasteiger partial charge on any atom is 0.254 e. The topological polar surface area (TPSA) is 55.6 Å². The van der Waals surface area contributed by atoms with Crippen LogP contribution < -0.4 is 5.73 Å². The molecule has 1 aliphatic rings. The van der Waals surface area contributed by atoms with E-state index in [-0.39, 0.29) is 18.1 Å². The summed E-state index contributed by atoms with van der Waals surface area (Å²) in [5.41, 5.74) is 7.89. The number of ether oxygens (including phenoxy) is 1. The lowest BCUT2D eigenvalue weighted by Crippen LogP contribution is -2.50. The van der Waals surface area contributed by atoms with Crippen molar-refractivity contribution in [3.8, 4) is 11.8 Å². The summed E-state index contributed by atoms with van der Waals surface area (Å²) in [5, 5.41) is 0. The Morgan fingerprint density at radius 3 is 2.95 bits per heavy atom. The number of nitrogens with two attached hydrogens (primary N) is 1. The minimum absolute atomic E-state index is 0.0477. The molecule has 0 aliphatic carbocycles. The number of rotatable bonds is 1. The highest BCUT2D eigenvalue weighted by Crippen LogP contribution is 2.19. The summed E-state index contributed by atoms with van der Waals surface area (Å²) >= 11 is 0. The summed E-state index contributed by atoms with van der Waals surface area (Å²) in [6, 6.07) is 5.74. The molecule has 4 heteroatoms. The van der Waals surface area contributed by atoms with E-state index < -0.39 is 0 Å². The van der Waals surface area contributed by atoms with Crippen molar-refractivity contribution in [2.45, 2.75) is 32.9 Å². The second kappa shape index (κ2) is 6.75. The predicted octanol–water partition coefficient (Wildman–Crippen LogP) is 1.55. The molecule has 21 heavy (non-hydrogen) atoms. The van der Waals surface area contributed by atoms with Crippen LogP contribution in [0.4, 0.5) is 0 Å². The molecular weight excluding hydrogens is 264 g/mol. The minimum Gasteiger partial charge on any atom is -0.375 e. The first-order chi connectivity index (χ1) is 10.0. The zero-order chi connectivity index (χ0) is 15.4. The Hall–Kier alpha value is -1.83. The van der Waals surface area contributed by atoms with Crippen LogP contribution in [-0.2, 0) is 4.74 Å². The number of hydrogen-bond acceptors (Lipinski definition) is 3. The van der Waals surface area contributed by atoms with E-state index in [1.165, 1.54) is 0 Å². The summed E-state index contributed by atoms with van der Waals surface area (Å²) in [5.74, 6) is 5.91. The Balaban J connectivity index is 2.30. The fourth-order valence-electron chi connectivity index (χ4n) is 2.49. The molecule has 1 fully saturated rings. The number of hydrogen-bond donors (Lipinski definition) is 1. The van der Waals surface area contributed by atoms with Crippen molar-refractivity contribution >= 4 is 5.91 Å². The highest BCUT2D eigenvalue weighted by atomic mass is 16.5. The minimum atomic E-state index is 0.0477. The third-order valence-corrected chi connectivity index (χ3v) is 3.76. The van der Waals surface area contributed by atoms with E-state index in [0.29, 0.717) is 25.3 Å². The van der Waals surface area contributed by atoms with Gasteiger partial charge in [-0.1, -0.05) is 17.9 Å². The predicted molar refractivity (Wildman–Crippen MR) is 83.0 cm³/mol. The van der Waals surface area contributed by atoms with Gasteiger partial charge < -0.3 is 15.4 Å². The number of amides is 1. The average molecular weight is 286 g/mol. The molecule has 1 aliphatic heterocycles. The maximum absolute atomic E-state index is 12.8. The zero-order valence-corrected chi connectivity index (χ0v) is 12.8. The van der Waals surface area contributed by atoms with Gasteiger partial charge in [-0.25, -0.2) is 0 Å². The van der Waals surface area contributed by atoms with Crippen molar-refractivity contribution in [1.82, 2.24) is 4.90 Å². The summed E-state index contributed by atoms with van der Waals surface area (Å²) in [6.07, 6.45) is 0.0747. The maximum atomic E-state index is 12.8. The Morgan fingerprint density at radius 2 is 2.24 bits per heavy atom. The Morgan fingerprint density at radius 1 is 1.48 bits per heavy atom. The van der Waals surface area contributed by atoms with Gasteiger partial charge in [0.1, 0.15) is 0 Å². The van der Waals surface area contributed by atoms with E-state index in [2.05, 4.69) is 11.8 Å². The SMILES string of the molecule is Cc1c(C#CCN)cccc1C(=O)N1CC(C)OCC1C. The van der Waals surface area contributed by atoms with Gasteiger partial charge in [0.2, 0.25) is 0 Å². The first kappa shape index (κ1) is 15.6. The van der Waals surface area contributed by atoms with Gasteiger partial charge >= 0.3 is 0 Å². The van der Waals surface area contributed by atoms with E-state index >= 15 is 0 Å². The van der Waals surface area contributed by atoms with Crippen molar-refractivity contribution in [2.24, 2.45) is 5.73 Å². The second-order valence-corrected chi connectivity index (χ2v) is 5.43. The largest absolute Gasteiger partial charge is 0.375 e. The molecule has 2 atom stereocenters. The molecule has 112 valence electrons. The van der Waals surface area contributed by atoms with Crippen LogP contribution in [0.1, 0.15) is 35.3 Å². The molecule has 0 saturated carbocycles. The molecule has 1 heterocycles. The van der Waals surface area contributed by atoms with Gasteiger partial charge in [0.15, 0.2) is 0 Å². The van der Waals surface area contributed by atoms with E-state index in [4.69, 9.17) is 10.5 Å². The summed E-state index contributed by atoms with van der Waals surface area (Å²) in [7, 11) is 0. The van der Waals surface area contributed by atoms with Crippen molar-refractivity contribution in [3.05, 3.63) is 34.9 Å². The molecule has 1 amide bonds. The van der Waals surface area contributed by atoms with Crippen LogP contribution >= 0.6 is 0 Å². The quantitative estimate of drug-likeness (QED) is 0.797. The zero-order valence-electron chi connectivity index (χ0n) is 12.8. The number of carbonyl (C=O) groups is 1. The molecule has 0 radical (unpaired) electrons. The summed E-state index contributed by atoms with van der Waals surface area (Å²) in [4.78, 5) is 14.7. The Labute approximate surface area is 126 Å². The molecular formula is C17H22N2O2. The van der Waals surface area contributed by atoms with Gasteiger partial charge in [0.25, 0.3) is 5.91 Å².